The highest BCUT2D eigenvalue weighted by Crippen LogP contribution is 2.42. The van der Waals surface area contributed by atoms with Crippen LogP contribution in [0.4, 0.5) is 17.1 Å². The Hall–Kier alpha value is -8.26. The topological polar surface area (TPSA) is 3.24 Å². The molecule has 0 N–H and O–H groups in total. The second-order valence-electron chi connectivity index (χ2n) is 15.8. The second kappa shape index (κ2) is 16.7. The minimum absolute atomic E-state index is 0.104. The first kappa shape index (κ1) is 33.5. The molecule has 11 rings (SSSR count). The highest BCUT2D eigenvalue weighted by atomic mass is 15.1. The summed E-state index contributed by atoms with van der Waals surface area (Å²) in [5, 5.41) is 4.68. The predicted molar refractivity (Wildman–Crippen MR) is 269 cm³/mol. The first-order chi connectivity index (χ1) is 32.9. The molecule has 0 bridgehead atoms. The van der Waals surface area contributed by atoms with Crippen molar-refractivity contribution in [2.24, 2.45) is 0 Å². The number of rotatable bonds is 9. The van der Waals surface area contributed by atoms with Gasteiger partial charge in [-0.25, -0.2) is 0 Å². The monoisotopic (exact) mass is 805 g/mol. The quantitative estimate of drug-likeness (QED) is 0.140. The molecule has 0 aromatic heterocycles. The molecule has 0 fully saturated rings. The van der Waals surface area contributed by atoms with Crippen LogP contribution < -0.4 is 4.90 Å². The molecule has 63 heavy (non-hydrogen) atoms. The van der Waals surface area contributed by atoms with Crippen molar-refractivity contribution in [2.75, 3.05) is 4.90 Å². The van der Waals surface area contributed by atoms with Crippen molar-refractivity contribution < 1.29 is 5.48 Å². The van der Waals surface area contributed by atoms with Gasteiger partial charge >= 0.3 is 0 Å². The SMILES string of the molecule is [2H]c1c([2H])c(N(c2ccc(-c3cccc(-c4cccc5ccccc45)c3)cc2)c2ccc(-c3c(-c4ccccc4)ccc4ccccc34)cc2)c([2H])c([2H])c1-c1cccc(-c2ccccc2)c1. The van der Waals surface area contributed by atoms with E-state index in [-0.39, 0.29) is 35.4 Å². The summed E-state index contributed by atoms with van der Waals surface area (Å²) in [6.45, 7) is 0. The molecule has 0 atom stereocenters. The fourth-order valence-corrected chi connectivity index (χ4v) is 8.82. The number of anilines is 3. The summed E-state index contributed by atoms with van der Waals surface area (Å²) < 4.78 is 38.3. The minimum Gasteiger partial charge on any atom is -0.311 e. The summed E-state index contributed by atoms with van der Waals surface area (Å²) in [7, 11) is 0. The van der Waals surface area contributed by atoms with Crippen LogP contribution in [-0.2, 0) is 0 Å². The van der Waals surface area contributed by atoms with Gasteiger partial charge in [-0.1, -0.05) is 212 Å². The third kappa shape index (κ3) is 7.47. The van der Waals surface area contributed by atoms with Gasteiger partial charge in [0, 0.05) is 17.1 Å². The Balaban J connectivity index is 1.04. The molecule has 0 amide bonds. The van der Waals surface area contributed by atoms with Crippen molar-refractivity contribution in [2.45, 2.75) is 0 Å². The maximum atomic E-state index is 9.67. The van der Waals surface area contributed by atoms with Crippen molar-refractivity contribution >= 4 is 38.6 Å². The minimum atomic E-state index is -0.127. The number of hydrogen-bond donors (Lipinski definition) is 0. The molecule has 0 unspecified atom stereocenters. The van der Waals surface area contributed by atoms with Crippen LogP contribution in [0.15, 0.2) is 261 Å². The van der Waals surface area contributed by atoms with E-state index in [2.05, 4.69) is 152 Å². The molecule has 0 heterocycles. The van der Waals surface area contributed by atoms with Crippen molar-refractivity contribution in [3.05, 3.63) is 261 Å². The van der Waals surface area contributed by atoms with Crippen LogP contribution in [0.5, 0.6) is 0 Å². The summed E-state index contributed by atoms with van der Waals surface area (Å²) in [6, 6.07) is 80.3. The van der Waals surface area contributed by atoms with Crippen molar-refractivity contribution in [1.29, 1.82) is 0 Å². The summed E-state index contributed by atoms with van der Waals surface area (Å²) in [5.74, 6) is 0. The second-order valence-corrected chi connectivity index (χ2v) is 15.8. The summed E-state index contributed by atoms with van der Waals surface area (Å²) in [5.41, 5.74) is 13.2. The molecular formula is C62H43N. The van der Waals surface area contributed by atoms with Gasteiger partial charge in [0.1, 0.15) is 0 Å². The zero-order valence-electron chi connectivity index (χ0n) is 38.5. The molecule has 11 aromatic rings. The lowest BCUT2D eigenvalue weighted by molar-refractivity contribution is 1.28. The number of nitrogens with zero attached hydrogens (tertiary/aromatic N) is 1. The van der Waals surface area contributed by atoms with Gasteiger partial charge in [0.05, 0.1) is 5.48 Å². The van der Waals surface area contributed by atoms with E-state index in [9.17, 15) is 5.48 Å². The summed E-state index contributed by atoms with van der Waals surface area (Å²) in [4.78, 5) is 1.87. The van der Waals surface area contributed by atoms with Crippen LogP contribution in [-0.4, -0.2) is 0 Å². The lowest BCUT2D eigenvalue weighted by atomic mass is 9.89. The maximum absolute atomic E-state index is 9.67. The first-order valence-corrected chi connectivity index (χ1v) is 21.3. The molecular weight excluding hydrogens is 759 g/mol. The van der Waals surface area contributed by atoms with Crippen molar-refractivity contribution in [1.82, 2.24) is 0 Å². The van der Waals surface area contributed by atoms with Gasteiger partial charge in [0.25, 0.3) is 0 Å². The van der Waals surface area contributed by atoms with E-state index >= 15 is 0 Å². The fraction of sp³-hybridized carbons (Fsp3) is 0. The van der Waals surface area contributed by atoms with E-state index in [0.29, 0.717) is 16.9 Å². The van der Waals surface area contributed by atoms with Gasteiger partial charge in [0.15, 0.2) is 0 Å². The van der Waals surface area contributed by atoms with Crippen LogP contribution in [0.2, 0.25) is 0 Å². The van der Waals surface area contributed by atoms with Crippen LogP contribution in [0.25, 0.3) is 88.3 Å². The Kier molecular flexibility index (Phi) is 8.84. The molecule has 11 aromatic carbocycles. The molecule has 0 spiro atoms. The van der Waals surface area contributed by atoms with E-state index in [1.807, 2.05) is 89.8 Å². The molecule has 0 saturated heterocycles. The zero-order valence-corrected chi connectivity index (χ0v) is 34.5. The number of fused-ring (bicyclic) bond motifs is 2. The van der Waals surface area contributed by atoms with Gasteiger partial charge in [-0.3, -0.25) is 0 Å². The van der Waals surface area contributed by atoms with Gasteiger partial charge in [-0.2, -0.15) is 0 Å². The summed E-state index contributed by atoms with van der Waals surface area (Å²) >= 11 is 0. The Morgan fingerprint density at radius 3 is 1.38 bits per heavy atom. The van der Waals surface area contributed by atoms with Crippen molar-refractivity contribution in [3.8, 4) is 66.8 Å². The van der Waals surface area contributed by atoms with Gasteiger partial charge < -0.3 is 4.90 Å². The van der Waals surface area contributed by atoms with Gasteiger partial charge in [0.2, 0.25) is 0 Å². The Bertz CT molecular complexity index is 3570. The van der Waals surface area contributed by atoms with Crippen molar-refractivity contribution in [3.63, 3.8) is 0 Å². The van der Waals surface area contributed by atoms with Crippen LogP contribution in [0, 0.1) is 0 Å². The van der Waals surface area contributed by atoms with Crippen LogP contribution in [0.1, 0.15) is 5.48 Å². The molecule has 0 aliphatic rings. The third-order valence-corrected chi connectivity index (χ3v) is 11.9. The third-order valence-electron chi connectivity index (χ3n) is 11.9. The van der Waals surface area contributed by atoms with E-state index in [4.69, 9.17) is 0 Å². The molecule has 0 saturated carbocycles. The Morgan fingerprint density at radius 2 is 0.714 bits per heavy atom. The molecule has 1 heteroatoms. The Labute approximate surface area is 375 Å². The average molecular weight is 806 g/mol. The van der Waals surface area contributed by atoms with Gasteiger partial charge in [-0.05, 0) is 137 Å². The maximum Gasteiger partial charge on any atom is 0.0645 e. The first-order valence-electron chi connectivity index (χ1n) is 23.3. The smallest absolute Gasteiger partial charge is 0.0645 e. The average Bonchev–Trinajstić information content (AvgIpc) is 3.39. The standard InChI is InChI=1S/C62H43N/c1-3-14-44(15-4-1)51-21-11-22-52(42-51)45-28-35-55(36-29-45)63(56-37-30-46(31-38-56)53-23-12-24-54(43-53)59-27-13-20-47-18-7-9-25-58(47)59)57-39-32-50(33-40-57)62-60-26-10-8-19-49(60)34-41-61(62)48-16-5-2-6-17-48/h1-43H/i28D,29D,35D,36D. The molecule has 1 nitrogen and oxygen atoms in total. The number of benzene rings is 11. The Morgan fingerprint density at radius 1 is 0.254 bits per heavy atom. The highest BCUT2D eigenvalue weighted by Gasteiger charge is 2.17. The van der Waals surface area contributed by atoms with E-state index in [0.717, 1.165) is 60.8 Å². The number of hydrogen-bond acceptors (Lipinski definition) is 1. The molecule has 296 valence electrons. The lowest BCUT2D eigenvalue weighted by Gasteiger charge is -2.26. The predicted octanol–water partition coefficient (Wildman–Crippen LogP) is 17.5. The fourth-order valence-electron chi connectivity index (χ4n) is 8.82. The molecule has 0 aliphatic carbocycles. The molecule has 0 aliphatic heterocycles. The summed E-state index contributed by atoms with van der Waals surface area (Å²) in [6.07, 6.45) is 0. The van der Waals surface area contributed by atoms with Gasteiger partial charge in [-0.15, -0.1) is 0 Å². The normalized spacial score (nSPS) is 12.1. The lowest BCUT2D eigenvalue weighted by Crippen LogP contribution is -2.09. The van der Waals surface area contributed by atoms with E-state index in [1.165, 1.54) is 16.3 Å². The highest BCUT2D eigenvalue weighted by molar-refractivity contribution is 6.04. The zero-order chi connectivity index (χ0) is 45.4. The molecule has 0 radical (unpaired) electrons. The van der Waals surface area contributed by atoms with Crippen LogP contribution in [0.3, 0.4) is 0 Å². The van der Waals surface area contributed by atoms with Crippen LogP contribution >= 0.6 is 0 Å². The van der Waals surface area contributed by atoms with E-state index < -0.39 is 0 Å². The van der Waals surface area contributed by atoms with E-state index in [1.54, 1.807) is 0 Å². The largest absolute Gasteiger partial charge is 0.311 e.